The predicted octanol–water partition coefficient (Wildman–Crippen LogP) is 2.96. The fourth-order valence-corrected chi connectivity index (χ4v) is 4.44. The first-order chi connectivity index (χ1) is 13.3. The highest BCUT2D eigenvalue weighted by Crippen LogP contribution is 2.35. The molecular weight excluding hydrogens is 336 g/mol. The van der Waals surface area contributed by atoms with Crippen molar-refractivity contribution in [2.24, 2.45) is 0 Å². The van der Waals surface area contributed by atoms with Crippen LogP contribution in [0.3, 0.4) is 0 Å². The van der Waals surface area contributed by atoms with Gasteiger partial charge in [0.15, 0.2) is 0 Å². The fraction of sp³-hybridized carbons (Fsp3) is 0.273. The van der Waals surface area contributed by atoms with E-state index in [9.17, 15) is 4.79 Å². The summed E-state index contributed by atoms with van der Waals surface area (Å²) in [5.41, 5.74) is 3.19. The minimum atomic E-state index is 0.133. The Bertz CT molecular complexity index is 937. The van der Waals surface area contributed by atoms with Crippen LogP contribution >= 0.6 is 0 Å². The minimum absolute atomic E-state index is 0.133. The first-order valence-electron chi connectivity index (χ1n) is 9.42. The summed E-state index contributed by atoms with van der Waals surface area (Å²) in [6.07, 6.45) is 5.79. The number of benzene rings is 1. The minimum Gasteiger partial charge on any atom is -0.337 e. The molecular formula is C22H22N4O. The quantitative estimate of drug-likeness (QED) is 0.720. The van der Waals surface area contributed by atoms with Crippen LogP contribution in [0.25, 0.3) is 0 Å². The van der Waals surface area contributed by atoms with Crippen molar-refractivity contribution in [3.8, 4) is 0 Å². The zero-order valence-electron chi connectivity index (χ0n) is 15.1. The summed E-state index contributed by atoms with van der Waals surface area (Å²) in [5, 5.41) is 0. The van der Waals surface area contributed by atoms with E-state index in [-0.39, 0.29) is 11.9 Å². The van der Waals surface area contributed by atoms with Crippen molar-refractivity contribution in [3.63, 3.8) is 0 Å². The van der Waals surface area contributed by atoms with Crippen molar-refractivity contribution in [2.45, 2.75) is 25.2 Å². The van der Waals surface area contributed by atoms with E-state index in [1.54, 1.807) is 6.20 Å². The molecule has 2 aromatic heterocycles. The number of carbonyl (C=O) groups is 1. The molecule has 3 aromatic rings. The largest absolute Gasteiger partial charge is 0.337 e. The number of carbonyl (C=O) groups excluding carboxylic acids is 1. The second-order valence-electron chi connectivity index (χ2n) is 7.41. The molecule has 2 atom stereocenters. The summed E-state index contributed by atoms with van der Waals surface area (Å²) in [5.74, 6) is 0.133. The van der Waals surface area contributed by atoms with Crippen molar-refractivity contribution in [1.82, 2.24) is 19.4 Å². The molecule has 1 aromatic carbocycles. The normalized spacial score (nSPS) is 21.9. The Morgan fingerprint density at radius 3 is 2.52 bits per heavy atom. The van der Waals surface area contributed by atoms with E-state index >= 15 is 0 Å². The van der Waals surface area contributed by atoms with Crippen molar-refractivity contribution in [3.05, 3.63) is 90.0 Å². The van der Waals surface area contributed by atoms with Crippen LogP contribution < -0.4 is 0 Å². The van der Waals surface area contributed by atoms with Crippen LogP contribution in [-0.4, -0.2) is 44.4 Å². The molecule has 5 rings (SSSR count). The van der Waals surface area contributed by atoms with Gasteiger partial charge in [-0.05, 0) is 29.3 Å². The van der Waals surface area contributed by atoms with Gasteiger partial charge in [-0.15, -0.1) is 0 Å². The first kappa shape index (κ1) is 16.3. The van der Waals surface area contributed by atoms with E-state index in [1.165, 1.54) is 11.1 Å². The molecule has 2 aliphatic rings. The lowest BCUT2D eigenvalue weighted by Gasteiger charge is -2.38. The summed E-state index contributed by atoms with van der Waals surface area (Å²) in [4.78, 5) is 21.9. The van der Waals surface area contributed by atoms with Crippen LogP contribution in [0.5, 0.6) is 0 Å². The molecule has 0 saturated carbocycles. The van der Waals surface area contributed by atoms with Crippen LogP contribution in [0.2, 0.25) is 0 Å². The van der Waals surface area contributed by atoms with Gasteiger partial charge in [-0.2, -0.15) is 0 Å². The third-order valence-electron chi connectivity index (χ3n) is 5.68. The molecule has 27 heavy (non-hydrogen) atoms. The van der Waals surface area contributed by atoms with Gasteiger partial charge in [0, 0.05) is 44.8 Å². The number of likely N-dealkylation sites (tertiary alicyclic amines) is 1. The molecule has 0 bridgehead atoms. The van der Waals surface area contributed by atoms with Crippen LogP contribution in [0, 0.1) is 0 Å². The highest BCUT2D eigenvalue weighted by atomic mass is 16.2. The molecule has 136 valence electrons. The van der Waals surface area contributed by atoms with Gasteiger partial charge in [-0.25, -0.2) is 0 Å². The number of nitrogens with zero attached hydrogens (tertiary/aromatic N) is 4. The number of rotatable bonds is 4. The van der Waals surface area contributed by atoms with Gasteiger partial charge in [0.05, 0.1) is 12.1 Å². The summed E-state index contributed by atoms with van der Waals surface area (Å²) < 4.78 is 2.18. The van der Waals surface area contributed by atoms with Crippen molar-refractivity contribution >= 4 is 5.91 Å². The predicted molar refractivity (Wildman–Crippen MR) is 103 cm³/mol. The molecule has 0 N–H and O–H groups in total. The van der Waals surface area contributed by atoms with E-state index in [0.717, 1.165) is 25.3 Å². The molecule has 5 heteroatoms. The molecule has 1 fully saturated rings. The van der Waals surface area contributed by atoms with Crippen molar-refractivity contribution in [1.29, 1.82) is 0 Å². The third-order valence-corrected chi connectivity index (χ3v) is 5.68. The van der Waals surface area contributed by atoms with Gasteiger partial charge in [-0.3, -0.25) is 14.7 Å². The molecule has 0 spiro atoms. The monoisotopic (exact) mass is 358 g/mol. The second-order valence-corrected chi connectivity index (χ2v) is 7.41. The van der Waals surface area contributed by atoms with E-state index in [1.807, 2.05) is 42.6 Å². The van der Waals surface area contributed by atoms with Gasteiger partial charge >= 0.3 is 0 Å². The van der Waals surface area contributed by atoms with Crippen molar-refractivity contribution < 1.29 is 4.79 Å². The molecule has 1 amide bonds. The summed E-state index contributed by atoms with van der Waals surface area (Å²) >= 11 is 0. The average Bonchev–Trinajstić information content (AvgIpc) is 3.34. The Kier molecular flexibility index (Phi) is 4.02. The maximum atomic E-state index is 13.2. The zero-order valence-corrected chi connectivity index (χ0v) is 15.1. The molecule has 0 aliphatic carbocycles. The third kappa shape index (κ3) is 2.94. The van der Waals surface area contributed by atoms with Gasteiger partial charge in [0.2, 0.25) is 0 Å². The Morgan fingerprint density at radius 2 is 1.70 bits per heavy atom. The lowest BCUT2D eigenvalue weighted by Crippen LogP contribution is -2.49. The standard InChI is InChI=1S/C22H22N4O/c27-22-19-9-5-11-25(19)20-15-24(13-18-8-4-10-23-12-18)16-21(20)26(22)14-17-6-2-1-3-7-17/h1-12,20-21H,13-16H2/t20-,21-/m1/s1. The number of amides is 1. The number of pyridine rings is 1. The number of hydrogen-bond donors (Lipinski definition) is 0. The first-order valence-corrected chi connectivity index (χ1v) is 9.42. The maximum absolute atomic E-state index is 13.2. The number of aromatic nitrogens is 2. The van der Waals surface area contributed by atoms with E-state index < -0.39 is 0 Å². The van der Waals surface area contributed by atoms with Crippen LogP contribution in [-0.2, 0) is 13.1 Å². The summed E-state index contributed by atoms with van der Waals surface area (Å²) in [6.45, 7) is 3.35. The Labute approximate surface area is 158 Å². The average molecular weight is 358 g/mol. The van der Waals surface area contributed by atoms with E-state index in [2.05, 4.69) is 43.7 Å². The lowest BCUT2D eigenvalue weighted by atomic mass is 10.0. The summed E-state index contributed by atoms with van der Waals surface area (Å²) in [7, 11) is 0. The molecule has 0 unspecified atom stereocenters. The highest BCUT2D eigenvalue weighted by Gasteiger charge is 2.44. The smallest absolute Gasteiger partial charge is 0.271 e. The van der Waals surface area contributed by atoms with Crippen LogP contribution in [0.1, 0.15) is 27.7 Å². The Morgan fingerprint density at radius 1 is 0.889 bits per heavy atom. The van der Waals surface area contributed by atoms with Crippen LogP contribution in [0.15, 0.2) is 73.2 Å². The molecule has 1 saturated heterocycles. The van der Waals surface area contributed by atoms with Gasteiger partial charge in [0.1, 0.15) is 5.69 Å². The topological polar surface area (TPSA) is 41.4 Å². The van der Waals surface area contributed by atoms with E-state index in [0.29, 0.717) is 12.6 Å². The number of fused-ring (bicyclic) bond motifs is 3. The Balaban J connectivity index is 1.44. The summed E-state index contributed by atoms with van der Waals surface area (Å²) in [6, 6.07) is 18.8. The van der Waals surface area contributed by atoms with Gasteiger partial charge in [0.25, 0.3) is 5.91 Å². The van der Waals surface area contributed by atoms with Crippen molar-refractivity contribution in [2.75, 3.05) is 13.1 Å². The lowest BCUT2D eigenvalue weighted by molar-refractivity contribution is 0.0556. The molecule has 2 aliphatic heterocycles. The zero-order chi connectivity index (χ0) is 18.2. The van der Waals surface area contributed by atoms with Crippen LogP contribution in [0.4, 0.5) is 0 Å². The molecule has 0 radical (unpaired) electrons. The maximum Gasteiger partial charge on any atom is 0.271 e. The molecule has 5 nitrogen and oxygen atoms in total. The molecule has 4 heterocycles. The SMILES string of the molecule is O=C1c2cccn2[C@@H]2CN(Cc3cccnc3)C[C@H]2N1Cc1ccccc1. The Hall–Kier alpha value is -2.92. The van der Waals surface area contributed by atoms with Gasteiger partial charge < -0.3 is 9.47 Å². The fourth-order valence-electron chi connectivity index (χ4n) is 4.44. The van der Waals surface area contributed by atoms with Gasteiger partial charge in [-0.1, -0.05) is 36.4 Å². The number of hydrogen-bond acceptors (Lipinski definition) is 3. The second kappa shape index (κ2) is 6.67. The van der Waals surface area contributed by atoms with E-state index in [4.69, 9.17) is 0 Å². The highest BCUT2D eigenvalue weighted by molar-refractivity contribution is 5.94.